The Hall–Kier alpha value is -9.07. The number of allylic oxidation sites excluding steroid dienone is 9. The van der Waals surface area contributed by atoms with E-state index in [1.807, 2.05) is 24.3 Å². The number of hydrogen-bond donors (Lipinski definition) is 0. The van der Waals surface area contributed by atoms with Crippen LogP contribution in [0.1, 0.15) is 131 Å². The summed E-state index contributed by atoms with van der Waals surface area (Å²) in [6, 6.07) is 61.6. The standard InChI is InChI=1S/C75H69N7/c1-49-32-45-67-65(46-49)75(6,7)64-44-38-59(48-69(64)82(67)60-39-33-53(34-40-60)51(3)77-70(54-24-14-9-15-25-54)76-50(2)52-22-12-8-13-23-52)58-37-43-63-68(47-58)81(66-31-21-20-30-62(66)74(63,4)5)61-41-35-57(36-42-61)73-79-71(55-26-16-10-17-27-55)78-72(80-73)56-28-18-11-19-29-56/h8,10,12-14,16-18,20-37,39-43,45-48,51H,9,11,15,19,38,44H2,1-7H3. The van der Waals surface area contributed by atoms with Crippen molar-refractivity contribution in [3.05, 3.63) is 274 Å². The first-order valence-corrected chi connectivity index (χ1v) is 29.2. The van der Waals surface area contributed by atoms with Crippen LogP contribution in [0, 0.1) is 6.92 Å². The minimum Gasteiger partial charge on any atom is -0.310 e. The normalized spacial score (nSPS) is 17.5. The molecule has 7 nitrogen and oxygen atoms in total. The molecule has 13 rings (SSSR count). The van der Waals surface area contributed by atoms with Gasteiger partial charge < -0.3 is 9.80 Å². The lowest BCUT2D eigenvalue weighted by atomic mass is 9.69. The number of rotatable bonds is 10. The van der Waals surface area contributed by atoms with E-state index in [1.54, 1.807) is 0 Å². The molecule has 1 atom stereocenters. The van der Waals surface area contributed by atoms with Gasteiger partial charge >= 0.3 is 0 Å². The SMILES string of the molecule is CC(=NC(=NC(C)c1ccc(N2C3=C(CCC(c4ccc5c(c4)N(c4ccc(-c6nc(C7=CCCC=C7)nc(-c7ccccc7)n6)cc4)c4ccccc4C5(C)C)=C3)C(C)(C)c3cc(C)ccc32)cc1)C1=CCCC=C1)c1ccccc1. The lowest BCUT2D eigenvalue weighted by molar-refractivity contribution is 0.572. The fraction of sp³-hybridized carbons (Fsp3) is 0.213. The van der Waals surface area contributed by atoms with Crippen molar-refractivity contribution in [2.24, 2.45) is 9.98 Å². The van der Waals surface area contributed by atoms with Crippen molar-refractivity contribution in [3.63, 3.8) is 0 Å². The van der Waals surface area contributed by atoms with Gasteiger partial charge in [0.1, 0.15) is 0 Å². The molecule has 0 radical (unpaired) electrons. The largest absolute Gasteiger partial charge is 0.310 e. The maximum atomic E-state index is 5.34. The molecular weight excluding hydrogens is 999 g/mol. The number of fused-ring (bicyclic) bond motifs is 3. The van der Waals surface area contributed by atoms with E-state index in [1.165, 1.54) is 61.7 Å². The van der Waals surface area contributed by atoms with E-state index in [2.05, 4.69) is 246 Å². The van der Waals surface area contributed by atoms with Gasteiger partial charge in [-0.15, -0.1) is 0 Å². The molecule has 8 aromatic rings. The second-order valence-electron chi connectivity index (χ2n) is 23.5. The van der Waals surface area contributed by atoms with Gasteiger partial charge in [0.15, 0.2) is 23.3 Å². The molecule has 7 heteroatoms. The summed E-state index contributed by atoms with van der Waals surface area (Å²) in [5.74, 6) is 2.79. The van der Waals surface area contributed by atoms with Crippen molar-refractivity contribution < 1.29 is 0 Å². The van der Waals surface area contributed by atoms with Crippen molar-refractivity contribution in [2.45, 2.75) is 104 Å². The zero-order chi connectivity index (χ0) is 56.1. The van der Waals surface area contributed by atoms with E-state index >= 15 is 0 Å². The number of anilines is 5. The molecule has 7 aromatic carbocycles. The van der Waals surface area contributed by atoms with Gasteiger partial charge in [0, 0.05) is 55.9 Å². The highest BCUT2D eigenvalue weighted by Gasteiger charge is 2.41. The molecule has 1 unspecified atom stereocenters. The van der Waals surface area contributed by atoms with Crippen LogP contribution in [0.25, 0.3) is 33.9 Å². The first kappa shape index (κ1) is 52.3. The number of hydrogen-bond acceptors (Lipinski definition) is 6. The minimum atomic E-state index is -0.240. The number of para-hydroxylation sites is 1. The topological polar surface area (TPSA) is 69.9 Å². The third-order valence-electron chi connectivity index (χ3n) is 17.4. The highest BCUT2D eigenvalue weighted by molar-refractivity contribution is 6.12. The highest BCUT2D eigenvalue weighted by Crippen LogP contribution is 2.55. The summed E-state index contributed by atoms with van der Waals surface area (Å²) in [6.07, 6.45) is 21.7. The van der Waals surface area contributed by atoms with E-state index < -0.39 is 0 Å². The van der Waals surface area contributed by atoms with Crippen LogP contribution in [0.3, 0.4) is 0 Å². The summed E-state index contributed by atoms with van der Waals surface area (Å²) >= 11 is 0. The van der Waals surface area contributed by atoms with Gasteiger partial charge in [-0.25, -0.2) is 19.9 Å². The van der Waals surface area contributed by atoms with Gasteiger partial charge in [-0.3, -0.25) is 4.99 Å². The highest BCUT2D eigenvalue weighted by atomic mass is 15.2. The van der Waals surface area contributed by atoms with Gasteiger partial charge in [-0.05, 0) is 164 Å². The second-order valence-corrected chi connectivity index (χ2v) is 23.5. The molecule has 0 saturated carbocycles. The number of benzene rings is 7. The summed E-state index contributed by atoms with van der Waals surface area (Å²) in [5, 5.41) is 0. The fourth-order valence-electron chi connectivity index (χ4n) is 12.8. The molecule has 82 heavy (non-hydrogen) atoms. The van der Waals surface area contributed by atoms with Crippen LogP contribution in [0.15, 0.2) is 239 Å². The molecule has 0 saturated heterocycles. The van der Waals surface area contributed by atoms with Crippen LogP contribution >= 0.6 is 0 Å². The summed E-state index contributed by atoms with van der Waals surface area (Å²) in [7, 11) is 0. The molecule has 0 spiro atoms. The summed E-state index contributed by atoms with van der Waals surface area (Å²) in [5.41, 5.74) is 23.1. The van der Waals surface area contributed by atoms with Crippen LogP contribution in [0.2, 0.25) is 0 Å². The van der Waals surface area contributed by atoms with E-state index in [4.69, 9.17) is 24.9 Å². The van der Waals surface area contributed by atoms with E-state index in [9.17, 15) is 0 Å². The maximum Gasteiger partial charge on any atom is 0.164 e. The molecule has 2 aliphatic heterocycles. The third kappa shape index (κ3) is 9.72. The van der Waals surface area contributed by atoms with Crippen molar-refractivity contribution in [1.82, 2.24) is 15.0 Å². The van der Waals surface area contributed by atoms with E-state index in [0.29, 0.717) is 17.5 Å². The van der Waals surface area contributed by atoms with Crippen LogP contribution < -0.4 is 9.80 Å². The molecule has 0 bridgehead atoms. The molecule has 0 N–H and O–H groups in total. The Balaban J connectivity index is 0.870. The number of aliphatic imine (C=N–C) groups is 2. The zero-order valence-corrected chi connectivity index (χ0v) is 48.2. The lowest BCUT2D eigenvalue weighted by Gasteiger charge is -2.45. The Kier molecular flexibility index (Phi) is 13.7. The molecule has 5 aliphatic rings. The zero-order valence-electron chi connectivity index (χ0n) is 48.2. The smallest absolute Gasteiger partial charge is 0.164 e. The van der Waals surface area contributed by atoms with E-state index in [-0.39, 0.29) is 16.9 Å². The van der Waals surface area contributed by atoms with Crippen LogP contribution in [-0.2, 0) is 10.8 Å². The average Bonchev–Trinajstić information content (AvgIpc) is 3.00. The monoisotopic (exact) mass is 1070 g/mol. The number of nitrogens with zero attached hydrogens (tertiary/aromatic N) is 7. The Morgan fingerprint density at radius 3 is 1.88 bits per heavy atom. The van der Waals surface area contributed by atoms with Crippen LogP contribution in [-0.4, -0.2) is 26.5 Å². The van der Waals surface area contributed by atoms with Gasteiger partial charge in [0.05, 0.1) is 23.1 Å². The van der Waals surface area contributed by atoms with Crippen LogP contribution in [0.5, 0.6) is 0 Å². The summed E-state index contributed by atoms with van der Waals surface area (Å²) in [6.45, 7) is 16.1. The average molecular weight is 1070 g/mol. The predicted molar refractivity (Wildman–Crippen MR) is 342 cm³/mol. The Morgan fingerprint density at radius 2 is 1.16 bits per heavy atom. The van der Waals surface area contributed by atoms with E-state index in [0.717, 1.165) is 94.8 Å². The van der Waals surface area contributed by atoms with Gasteiger partial charge in [0.25, 0.3) is 0 Å². The van der Waals surface area contributed by atoms with Crippen molar-refractivity contribution in [2.75, 3.05) is 9.80 Å². The summed E-state index contributed by atoms with van der Waals surface area (Å²) < 4.78 is 0. The third-order valence-corrected chi connectivity index (χ3v) is 17.4. The van der Waals surface area contributed by atoms with Gasteiger partial charge in [-0.1, -0.05) is 185 Å². The molecule has 0 fully saturated rings. The van der Waals surface area contributed by atoms with Crippen molar-refractivity contribution in [3.8, 4) is 22.8 Å². The first-order valence-electron chi connectivity index (χ1n) is 29.2. The Morgan fingerprint density at radius 1 is 0.537 bits per heavy atom. The molecular formula is C75H69N7. The lowest BCUT2D eigenvalue weighted by Crippen LogP contribution is -2.35. The Bertz CT molecular complexity index is 4050. The quantitative estimate of drug-likeness (QED) is 0.101. The maximum absolute atomic E-state index is 5.34. The Labute approximate surface area is 484 Å². The van der Waals surface area contributed by atoms with Crippen molar-refractivity contribution in [1.29, 1.82) is 0 Å². The van der Waals surface area contributed by atoms with Gasteiger partial charge in [0.2, 0.25) is 0 Å². The number of aromatic nitrogens is 3. The van der Waals surface area contributed by atoms with Crippen LogP contribution in [0.4, 0.5) is 28.4 Å². The first-order chi connectivity index (χ1) is 39.9. The van der Waals surface area contributed by atoms with Crippen molar-refractivity contribution >= 4 is 51.1 Å². The minimum absolute atomic E-state index is 0.115. The molecule has 404 valence electrons. The molecule has 3 aliphatic carbocycles. The molecule has 0 amide bonds. The van der Waals surface area contributed by atoms with Gasteiger partial charge in [-0.2, -0.15) is 0 Å². The molecule has 1 aromatic heterocycles. The predicted octanol–water partition coefficient (Wildman–Crippen LogP) is 19.2. The number of aryl methyl sites for hydroxylation is 1. The fourth-order valence-corrected chi connectivity index (χ4v) is 12.8. The molecule has 3 heterocycles. The second kappa shape index (κ2) is 21.4. The summed E-state index contributed by atoms with van der Waals surface area (Å²) in [4.78, 5) is 30.7. The number of amidine groups is 1.